The second-order valence-corrected chi connectivity index (χ2v) is 4.50. The minimum Gasteiger partial charge on any atom is -0.322 e. The number of carbonyl (C=O) groups is 1. The molecule has 0 aliphatic heterocycles. The topological polar surface area (TPSA) is 29.1 Å². The predicted octanol–water partition coefficient (Wildman–Crippen LogP) is 3.98. The highest BCUT2D eigenvalue weighted by Crippen LogP contribution is 2.16. The van der Waals surface area contributed by atoms with E-state index in [4.69, 9.17) is 0 Å². The molecule has 92 valence electrons. The van der Waals surface area contributed by atoms with E-state index in [2.05, 4.69) is 21.2 Å². The van der Waals surface area contributed by atoms with Gasteiger partial charge in [0.2, 0.25) is 0 Å². The first-order chi connectivity index (χ1) is 8.56. The van der Waals surface area contributed by atoms with Crippen molar-refractivity contribution >= 4 is 27.5 Å². The highest BCUT2D eigenvalue weighted by molar-refractivity contribution is 9.10. The first-order valence-electron chi connectivity index (χ1n) is 5.08. The van der Waals surface area contributed by atoms with Gasteiger partial charge >= 0.3 is 0 Å². The lowest BCUT2D eigenvalue weighted by Crippen LogP contribution is -2.13. The van der Waals surface area contributed by atoms with E-state index in [1.54, 1.807) is 24.3 Å². The molecule has 18 heavy (non-hydrogen) atoms. The van der Waals surface area contributed by atoms with E-state index in [9.17, 15) is 13.6 Å². The van der Waals surface area contributed by atoms with Crippen molar-refractivity contribution in [1.29, 1.82) is 0 Å². The molecule has 5 heteroatoms. The zero-order chi connectivity index (χ0) is 13.1. The molecule has 2 nitrogen and oxygen atoms in total. The van der Waals surface area contributed by atoms with Crippen LogP contribution in [0.4, 0.5) is 14.5 Å². The molecular formula is C13H8BrF2NO. The van der Waals surface area contributed by atoms with Crippen LogP contribution in [0.2, 0.25) is 0 Å². The number of nitrogens with one attached hydrogen (secondary N) is 1. The zero-order valence-electron chi connectivity index (χ0n) is 9.08. The summed E-state index contributed by atoms with van der Waals surface area (Å²) in [6, 6.07) is 9.66. The van der Waals surface area contributed by atoms with Crippen LogP contribution < -0.4 is 5.32 Å². The Morgan fingerprint density at radius 3 is 2.33 bits per heavy atom. The minimum absolute atomic E-state index is 0.195. The Morgan fingerprint density at radius 1 is 1.06 bits per heavy atom. The number of amides is 1. The summed E-state index contributed by atoms with van der Waals surface area (Å²) in [5.74, 6) is -2.22. The van der Waals surface area contributed by atoms with Crippen molar-refractivity contribution < 1.29 is 13.6 Å². The molecular weight excluding hydrogens is 304 g/mol. The smallest absolute Gasteiger partial charge is 0.258 e. The Labute approximate surface area is 111 Å². The van der Waals surface area contributed by atoms with Gasteiger partial charge in [-0.15, -0.1) is 0 Å². The second-order valence-electron chi connectivity index (χ2n) is 3.59. The molecule has 0 heterocycles. The number of hydrogen-bond acceptors (Lipinski definition) is 1. The van der Waals surface area contributed by atoms with Crippen molar-refractivity contribution in [2.24, 2.45) is 0 Å². The summed E-state index contributed by atoms with van der Waals surface area (Å²) < 4.78 is 26.9. The Morgan fingerprint density at radius 2 is 1.72 bits per heavy atom. The Bertz CT molecular complexity index is 584. The highest BCUT2D eigenvalue weighted by atomic mass is 79.9. The fourth-order valence-electron chi connectivity index (χ4n) is 1.41. The molecule has 0 saturated carbocycles. The fraction of sp³-hybridized carbons (Fsp3) is 0. The minimum atomic E-state index is -0.885. The first-order valence-corrected chi connectivity index (χ1v) is 5.87. The van der Waals surface area contributed by atoms with Gasteiger partial charge in [-0.25, -0.2) is 8.78 Å². The monoisotopic (exact) mass is 311 g/mol. The first kappa shape index (κ1) is 12.7. The Kier molecular flexibility index (Phi) is 3.72. The number of benzene rings is 2. The van der Waals surface area contributed by atoms with Gasteiger partial charge in [0.05, 0.1) is 5.56 Å². The van der Waals surface area contributed by atoms with Crippen molar-refractivity contribution in [1.82, 2.24) is 0 Å². The molecule has 0 spiro atoms. The standard InChI is InChI=1S/C13H8BrF2NO/c14-8-1-4-10(5-2-8)17-13(18)11-6-3-9(15)7-12(11)16/h1-7H,(H,17,18). The molecule has 0 radical (unpaired) electrons. The Hall–Kier alpha value is -1.75. The molecule has 2 aromatic carbocycles. The molecule has 2 aromatic rings. The summed E-state index contributed by atoms with van der Waals surface area (Å²) in [4.78, 5) is 11.7. The van der Waals surface area contributed by atoms with Crippen LogP contribution in [0.3, 0.4) is 0 Å². The van der Waals surface area contributed by atoms with E-state index in [0.29, 0.717) is 11.8 Å². The van der Waals surface area contributed by atoms with Crippen LogP contribution in [-0.2, 0) is 0 Å². The molecule has 0 saturated heterocycles. The van der Waals surface area contributed by atoms with Gasteiger partial charge in [0.25, 0.3) is 5.91 Å². The number of carbonyl (C=O) groups excluding carboxylic acids is 1. The van der Waals surface area contributed by atoms with Gasteiger partial charge in [-0.3, -0.25) is 4.79 Å². The predicted molar refractivity (Wildman–Crippen MR) is 68.5 cm³/mol. The van der Waals surface area contributed by atoms with E-state index in [1.165, 1.54) is 0 Å². The largest absolute Gasteiger partial charge is 0.322 e. The third kappa shape index (κ3) is 2.92. The summed E-state index contributed by atoms with van der Waals surface area (Å²) in [5.41, 5.74) is 0.339. The number of halogens is 3. The average Bonchev–Trinajstić information content (AvgIpc) is 2.32. The SMILES string of the molecule is O=C(Nc1ccc(Br)cc1)c1ccc(F)cc1F. The summed E-state index contributed by atoms with van der Waals surface area (Å²) in [6.07, 6.45) is 0. The molecule has 2 rings (SSSR count). The number of hydrogen-bond donors (Lipinski definition) is 1. The summed E-state index contributed by atoms with van der Waals surface area (Å²) in [5, 5.41) is 2.52. The van der Waals surface area contributed by atoms with E-state index >= 15 is 0 Å². The quantitative estimate of drug-likeness (QED) is 0.893. The van der Waals surface area contributed by atoms with Crippen molar-refractivity contribution in [3.05, 3.63) is 64.1 Å². The van der Waals surface area contributed by atoms with Crippen LogP contribution in [0.15, 0.2) is 46.9 Å². The van der Waals surface area contributed by atoms with Crippen LogP contribution in [0, 0.1) is 11.6 Å². The lowest BCUT2D eigenvalue weighted by atomic mass is 10.2. The molecule has 1 amide bonds. The van der Waals surface area contributed by atoms with E-state index < -0.39 is 17.5 Å². The molecule has 0 atom stereocenters. The molecule has 0 aromatic heterocycles. The molecule has 0 unspecified atom stereocenters. The van der Waals surface area contributed by atoms with E-state index in [0.717, 1.165) is 16.6 Å². The second kappa shape index (κ2) is 5.27. The van der Waals surface area contributed by atoms with Crippen LogP contribution >= 0.6 is 15.9 Å². The normalized spacial score (nSPS) is 10.2. The van der Waals surface area contributed by atoms with Gasteiger partial charge in [0, 0.05) is 16.2 Å². The van der Waals surface area contributed by atoms with Crippen LogP contribution in [0.25, 0.3) is 0 Å². The van der Waals surface area contributed by atoms with Gasteiger partial charge in [-0.2, -0.15) is 0 Å². The third-order valence-electron chi connectivity index (χ3n) is 2.28. The third-order valence-corrected chi connectivity index (χ3v) is 2.81. The zero-order valence-corrected chi connectivity index (χ0v) is 10.7. The maximum Gasteiger partial charge on any atom is 0.258 e. The molecule has 0 aliphatic carbocycles. The van der Waals surface area contributed by atoms with Crippen molar-refractivity contribution in [2.75, 3.05) is 5.32 Å². The fourth-order valence-corrected chi connectivity index (χ4v) is 1.67. The maximum atomic E-state index is 13.4. The van der Waals surface area contributed by atoms with E-state index in [-0.39, 0.29) is 5.56 Å². The highest BCUT2D eigenvalue weighted by Gasteiger charge is 2.12. The molecule has 0 fully saturated rings. The number of rotatable bonds is 2. The van der Waals surface area contributed by atoms with Crippen LogP contribution in [-0.4, -0.2) is 5.91 Å². The van der Waals surface area contributed by atoms with Gasteiger partial charge in [-0.05, 0) is 36.4 Å². The van der Waals surface area contributed by atoms with Gasteiger partial charge in [0.15, 0.2) is 0 Å². The summed E-state index contributed by atoms with van der Waals surface area (Å²) in [6.45, 7) is 0. The maximum absolute atomic E-state index is 13.4. The van der Waals surface area contributed by atoms with Gasteiger partial charge in [-0.1, -0.05) is 15.9 Å². The van der Waals surface area contributed by atoms with E-state index in [1.807, 2.05) is 0 Å². The number of anilines is 1. The van der Waals surface area contributed by atoms with Crippen LogP contribution in [0.5, 0.6) is 0 Å². The van der Waals surface area contributed by atoms with Crippen molar-refractivity contribution in [3.8, 4) is 0 Å². The lowest BCUT2D eigenvalue weighted by molar-refractivity contribution is 0.102. The van der Waals surface area contributed by atoms with Crippen molar-refractivity contribution in [3.63, 3.8) is 0 Å². The Balaban J connectivity index is 2.19. The van der Waals surface area contributed by atoms with Crippen molar-refractivity contribution in [2.45, 2.75) is 0 Å². The average molecular weight is 312 g/mol. The molecule has 0 bridgehead atoms. The lowest BCUT2D eigenvalue weighted by Gasteiger charge is -2.06. The summed E-state index contributed by atoms with van der Waals surface area (Å²) in [7, 11) is 0. The molecule has 0 aliphatic rings. The molecule has 1 N–H and O–H groups in total. The van der Waals surface area contributed by atoms with Gasteiger partial charge in [0.1, 0.15) is 11.6 Å². The summed E-state index contributed by atoms with van der Waals surface area (Å²) >= 11 is 3.26. The van der Waals surface area contributed by atoms with Crippen LogP contribution in [0.1, 0.15) is 10.4 Å². The van der Waals surface area contributed by atoms with Gasteiger partial charge < -0.3 is 5.32 Å².